The molecule has 0 aliphatic carbocycles. The molecule has 0 unspecified atom stereocenters. The molecule has 4 aromatic rings. The third kappa shape index (κ3) is 3.01. The molecular formula is C19H17N5O3. The summed E-state index contributed by atoms with van der Waals surface area (Å²) < 4.78 is 1.97. The molecule has 0 saturated carbocycles. The van der Waals surface area contributed by atoms with E-state index < -0.39 is 11.1 Å². The Morgan fingerprint density at radius 3 is 2.59 bits per heavy atom. The van der Waals surface area contributed by atoms with E-state index in [4.69, 9.17) is 0 Å². The van der Waals surface area contributed by atoms with E-state index in [1.54, 1.807) is 12.1 Å². The van der Waals surface area contributed by atoms with Gasteiger partial charge in [0.05, 0.1) is 22.1 Å². The molecular weight excluding hydrogens is 346 g/mol. The molecule has 0 atom stereocenters. The molecule has 0 aliphatic rings. The lowest BCUT2D eigenvalue weighted by Crippen LogP contribution is -2.29. The Labute approximate surface area is 152 Å². The summed E-state index contributed by atoms with van der Waals surface area (Å²) in [5.74, 6) is 0.120. The summed E-state index contributed by atoms with van der Waals surface area (Å²) in [7, 11) is 0. The van der Waals surface area contributed by atoms with Gasteiger partial charge in [-0.2, -0.15) is 0 Å². The highest BCUT2D eigenvalue weighted by Gasteiger charge is 2.14. The van der Waals surface area contributed by atoms with Gasteiger partial charge in [-0.25, -0.2) is 4.98 Å². The fraction of sp³-hybridized carbons (Fsp3) is 0.158. The smallest absolute Gasteiger partial charge is 0.314 e. The lowest BCUT2D eigenvalue weighted by Gasteiger charge is -2.09. The Kier molecular flexibility index (Phi) is 4.08. The number of amides is 1. The minimum absolute atomic E-state index is 0.348. The average Bonchev–Trinajstić information content (AvgIpc) is 3.00. The van der Waals surface area contributed by atoms with Crippen LogP contribution >= 0.6 is 0 Å². The van der Waals surface area contributed by atoms with Crippen LogP contribution in [-0.4, -0.2) is 25.4 Å². The predicted molar refractivity (Wildman–Crippen MR) is 103 cm³/mol. The topological polar surface area (TPSA) is 113 Å². The maximum atomic E-state index is 12.7. The van der Waals surface area contributed by atoms with Crippen molar-refractivity contribution in [1.29, 1.82) is 0 Å². The second-order valence-corrected chi connectivity index (χ2v) is 6.20. The van der Waals surface area contributed by atoms with Crippen LogP contribution in [0.3, 0.4) is 0 Å². The van der Waals surface area contributed by atoms with Crippen LogP contribution in [0, 0.1) is 0 Å². The van der Waals surface area contributed by atoms with Crippen LogP contribution in [0.4, 0.5) is 5.95 Å². The second kappa shape index (κ2) is 6.56. The molecule has 8 nitrogen and oxygen atoms in total. The van der Waals surface area contributed by atoms with Gasteiger partial charge in [0.25, 0.3) is 5.91 Å². The number of aromatic nitrogens is 4. The number of hydrogen-bond donors (Lipinski definition) is 3. The van der Waals surface area contributed by atoms with Crippen LogP contribution in [0.25, 0.3) is 22.1 Å². The Morgan fingerprint density at radius 2 is 1.81 bits per heavy atom. The third-order valence-corrected chi connectivity index (χ3v) is 4.31. The summed E-state index contributed by atoms with van der Waals surface area (Å²) in [5.41, 5.74) is 1.46. The van der Waals surface area contributed by atoms with Crippen molar-refractivity contribution < 1.29 is 4.79 Å². The van der Waals surface area contributed by atoms with E-state index >= 15 is 0 Å². The standard InChI is InChI=1S/C19H17N5O3/c1-2-9-24-15-6-4-3-5-13(15)22-19(24)23-16(25)11-7-8-12-14(10-11)21-18(27)17(26)20-12/h3-8,10H,2,9H2,1H3,(H,20,26)(H,21,27)(H,22,23,25). The summed E-state index contributed by atoms with van der Waals surface area (Å²) in [4.78, 5) is 45.1. The first kappa shape index (κ1) is 16.8. The highest BCUT2D eigenvalue weighted by molar-refractivity contribution is 6.05. The van der Waals surface area contributed by atoms with Gasteiger partial charge in [0, 0.05) is 12.1 Å². The summed E-state index contributed by atoms with van der Waals surface area (Å²) in [6, 6.07) is 12.4. The van der Waals surface area contributed by atoms with Gasteiger partial charge in [0.15, 0.2) is 0 Å². The maximum absolute atomic E-state index is 12.7. The molecule has 0 aliphatic heterocycles. The molecule has 136 valence electrons. The van der Waals surface area contributed by atoms with E-state index in [2.05, 4.69) is 27.2 Å². The lowest BCUT2D eigenvalue weighted by atomic mass is 10.2. The summed E-state index contributed by atoms with van der Waals surface area (Å²) in [5, 5.41) is 2.84. The molecule has 1 amide bonds. The van der Waals surface area contributed by atoms with E-state index in [0.717, 1.165) is 24.0 Å². The molecule has 4 rings (SSSR count). The number of fused-ring (bicyclic) bond motifs is 2. The Bertz CT molecular complexity index is 1280. The van der Waals surface area contributed by atoms with E-state index in [1.807, 2.05) is 28.8 Å². The minimum Gasteiger partial charge on any atom is -0.316 e. The number of aromatic amines is 2. The normalized spacial score (nSPS) is 11.1. The average molecular weight is 363 g/mol. The maximum Gasteiger partial charge on any atom is 0.314 e. The molecule has 8 heteroatoms. The number of carbonyl (C=O) groups is 1. The van der Waals surface area contributed by atoms with Crippen LogP contribution in [0.1, 0.15) is 23.7 Å². The van der Waals surface area contributed by atoms with Gasteiger partial charge in [0.1, 0.15) is 0 Å². The van der Waals surface area contributed by atoms with Crippen LogP contribution in [0.15, 0.2) is 52.1 Å². The van der Waals surface area contributed by atoms with Crippen molar-refractivity contribution in [1.82, 2.24) is 19.5 Å². The number of H-pyrrole nitrogens is 2. The zero-order valence-electron chi connectivity index (χ0n) is 14.6. The van der Waals surface area contributed by atoms with E-state index in [9.17, 15) is 14.4 Å². The van der Waals surface area contributed by atoms with Crippen LogP contribution in [0.2, 0.25) is 0 Å². The van der Waals surface area contributed by atoms with Crippen LogP contribution in [-0.2, 0) is 6.54 Å². The van der Waals surface area contributed by atoms with Crippen molar-refractivity contribution in [2.45, 2.75) is 19.9 Å². The van der Waals surface area contributed by atoms with E-state index in [1.165, 1.54) is 6.07 Å². The Morgan fingerprint density at radius 1 is 1.07 bits per heavy atom. The molecule has 2 aromatic heterocycles. The number of hydrogen-bond acceptors (Lipinski definition) is 4. The van der Waals surface area contributed by atoms with Crippen LogP contribution < -0.4 is 16.4 Å². The largest absolute Gasteiger partial charge is 0.316 e. The Balaban J connectivity index is 1.72. The Hall–Kier alpha value is -3.68. The fourth-order valence-electron chi connectivity index (χ4n) is 3.05. The lowest BCUT2D eigenvalue weighted by molar-refractivity contribution is 0.102. The number of rotatable bonds is 4. The number of nitrogens with one attached hydrogen (secondary N) is 3. The minimum atomic E-state index is -0.759. The first-order chi connectivity index (χ1) is 13.1. The van der Waals surface area contributed by atoms with Crippen molar-refractivity contribution >= 4 is 33.9 Å². The van der Waals surface area contributed by atoms with Gasteiger partial charge in [-0.05, 0) is 36.8 Å². The number of anilines is 1. The van der Waals surface area contributed by atoms with Gasteiger partial charge < -0.3 is 14.5 Å². The van der Waals surface area contributed by atoms with E-state index in [0.29, 0.717) is 22.5 Å². The number of carbonyl (C=O) groups excluding carboxylic acids is 1. The quantitative estimate of drug-likeness (QED) is 0.483. The monoisotopic (exact) mass is 363 g/mol. The van der Waals surface area contributed by atoms with Gasteiger partial charge in [-0.1, -0.05) is 19.1 Å². The SMILES string of the molecule is CCCn1c(NC(=O)c2ccc3[nH]c(=O)c(=O)[nH]c3c2)nc2ccccc21. The molecule has 0 radical (unpaired) electrons. The molecule has 0 bridgehead atoms. The fourth-order valence-corrected chi connectivity index (χ4v) is 3.05. The first-order valence-corrected chi connectivity index (χ1v) is 8.60. The van der Waals surface area contributed by atoms with Gasteiger partial charge in [0.2, 0.25) is 5.95 Å². The number of para-hydroxylation sites is 2. The summed E-state index contributed by atoms with van der Waals surface area (Å²) in [6.07, 6.45) is 0.897. The molecule has 2 aromatic carbocycles. The van der Waals surface area contributed by atoms with Gasteiger partial charge in [-0.15, -0.1) is 0 Å². The summed E-state index contributed by atoms with van der Waals surface area (Å²) in [6.45, 7) is 2.78. The number of aryl methyl sites for hydroxylation is 1. The van der Waals surface area contributed by atoms with Crippen molar-refractivity contribution in [2.75, 3.05) is 5.32 Å². The molecule has 27 heavy (non-hydrogen) atoms. The van der Waals surface area contributed by atoms with Crippen molar-refractivity contribution in [3.63, 3.8) is 0 Å². The molecule has 3 N–H and O–H groups in total. The molecule has 0 saturated heterocycles. The zero-order chi connectivity index (χ0) is 19.0. The third-order valence-electron chi connectivity index (χ3n) is 4.31. The summed E-state index contributed by atoms with van der Waals surface area (Å²) >= 11 is 0. The highest BCUT2D eigenvalue weighted by Crippen LogP contribution is 2.21. The molecule has 0 fully saturated rings. The second-order valence-electron chi connectivity index (χ2n) is 6.20. The first-order valence-electron chi connectivity index (χ1n) is 8.60. The van der Waals surface area contributed by atoms with Gasteiger partial charge in [-0.3, -0.25) is 19.7 Å². The zero-order valence-corrected chi connectivity index (χ0v) is 14.6. The van der Waals surface area contributed by atoms with Crippen LogP contribution in [0.5, 0.6) is 0 Å². The van der Waals surface area contributed by atoms with Crippen molar-refractivity contribution in [3.8, 4) is 0 Å². The number of benzene rings is 2. The van der Waals surface area contributed by atoms with Crippen molar-refractivity contribution in [2.24, 2.45) is 0 Å². The molecule has 0 spiro atoms. The van der Waals surface area contributed by atoms with Gasteiger partial charge >= 0.3 is 11.1 Å². The molecule has 2 heterocycles. The number of imidazole rings is 1. The van der Waals surface area contributed by atoms with Crippen molar-refractivity contribution in [3.05, 3.63) is 68.7 Å². The van der Waals surface area contributed by atoms with E-state index in [-0.39, 0.29) is 5.91 Å². The highest BCUT2D eigenvalue weighted by atomic mass is 16.2. The number of nitrogens with zero attached hydrogens (tertiary/aromatic N) is 2. The predicted octanol–water partition coefficient (Wildman–Crippen LogP) is 2.23.